The first-order valence-electron chi connectivity index (χ1n) is 13.0. The predicted octanol–water partition coefficient (Wildman–Crippen LogP) is 10.6. The first kappa shape index (κ1) is 27.6. The van der Waals surface area contributed by atoms with E-state index >= 15 is 0 Å². The van der Waals surface area contributed by atoms with Gasteiger partial charge in [-0.15, -0.1) is 0 Å². The molecule has 0 spiro atoms. The van der Waals surface area contributed by atoms with E-state index in [1.165, 1.54) is 12.1 Å². The van der Waals surface area contributed by atoms with E-state index in [1.54, 1.807) is 44.6 Å². The Morgan fingerprint density at radius 3 is 0.875 bits per heavy atom. The Morgan fingerprint density at radius 2 is 0.688 bits per heavy atom. The van der Waals surface area contributed by atoms with E-state index in [9.17, 15) is 0 Å². The molecule has 0 heterocycles. The van der Waals surface area contributed by atoms with E-state index in [1.807, 2.05) is 0 Å². The van der Waals surface area contributed by atoms with E-state index in [0.29, 0.717) is 10.1 Å². The highest BCUT2D eigenvalue weighted by Crippen LogP contribution is 2.61. The summed E-state index contributed by atoms with van der Waals surface area (Å²) in [7, 11) is -3.05. The van der Waals surface area contributed by atoms with Crippen molar-refractivity contribution in [3.8, 4) is 0 Å². The van der Waals surface area contributed by atoms with Crippen LogP contribution in [0.15, 0.2) is 44.6 Å². The van der Waals surface area contributed by atoms with Gasteiger partial charge >= 0.3 is 0 Å². The van der Waals surface area contributed by atoms with Crippen LogP contribution in [0.25, 0.3) is 0 Å². The monoisotopic (exact) mass is 470 g/mol. The van der Waals surface area contributed by atoms with Crippen molar-refractivity contribution in [2.75, 3.05) is 0 Å². The fourth-order valence-electron chi connectivity index (χ4n) is 7.64. The SMILES string of the molecule is CC1=C(C)C(C)([Si](C)(C)CC(C)C(C)C[Si](C)(C)C2(C)C(C)=C(C)C(C)=C2C)C(C)=C1C. The summed E-state index contributed by atoms with van der Waals surface area (Å²) in [5, 5.41) is 0.624. The van der Waals surface area contributed by atoms with Crippen LogP contribution in [0.2, 0.25) is 48.4 Å². The average molecular weight is 471 g/mol. The van der Waals surface area contributed by atoms with Crippen molar-refractivity contribution < 1.29 is 0 Å². The molecule has 2 aliphatic carbocycles. The minimum Gasteiger partial charge on any atom is -0.0684 e. The van der Waals surface area contributed by atoms with Crippen molar-refractivity contribution in [1.82, 2.24) is 0 Å². The topological polar surface area (TPSA) is 0 Å². The molecule has 2 heteroatoms. The van der Waals surface area contributed by atoms with Gasteiger partial charge in [-0.25, -0.2) is 0 Å². The third-order valence-corrected chi connectivity index (χ3v) is 22.0. The summed E-state index contributed by atoms with van der Waals surface area (Å²) in [6.45, 7) is 40.0. The molecule has 2 aliphatic rings. The molecule has 2 atom stereocenters. The summed E-state index contributed by atoms with van der Waals surface area (Å²) in [5.74, 6) is 1.56. The second-order valence-electron chi connectivity index (χ2n) is 13.4. The lowest BCUT2D eigenvalue weighted by molar-refractivity contribution is 0.439. The third-order valence-electron chi connectivity index (χ3n) is 11.7. The minimum atomic E-state index is -1.52. The molecule has 0 amide bonds. The summed E-state index contributed by atoms with van der Waals surface area (Å²) >= 11 is 0. The molecule has 182 valence electrons. The second kappa shape index (κ2) is 8.56. The Bertz CT molecular complexity index is 792. The van der Waals surface area contributed by atoms with Gasteiger partial charge in [-0.05, 0) is 89.5 Å². The second-order valence-corrected chi connectivity index (χ2v) is 23.7. The van der Waals surface area contributed by atoms with Gasteiger partial charge in [0.05, 0.1) is 16.1 Å². The molecule has 0 nitrogen and oxygen atoms in total. The molecule has 0 saturated heterocycles. The molecule has 0 aromatic carbocycles. The maximum Gasteiger partial charge on any atom is 0.0633 e. The van der Waals surface area contributed by atoms with Gasteiger partial charge in [0, 0.05) is 10.1 Å². The lowest BCUT2D eigenvalue weighted by Crippen LogP contribution is -2.46. The van der Waals surface area contributed by atoms with E-state index in [-0.39, 0.29) is 0 Å². The van der Waals surface area contributed by atoms with Crippen LogP contribution in [0, 0.1) is 11.8 Å². The van der Waals surface area contributed by atoms with Crippen LogP contribution in [0.4, 0.5) is 0 Å². The third kappa shape index (κ3) is 3.76. The zero-order chi connectivity index (χ0) is 25.2. The molecule has 2 unspecified atom stereocenters. The molecule has 0 aromatic rings. The maximum atomic E-state index is 2.67. The molecule has 0 fully saturated rings. The van der Waals surface area contributed by atoms with Gasteiger partial charge in [0.2, 0.25) is 0 Å². The van der Waals surface area contributed by atoms with Crippen LogP contribution < -0.4 is 0 Å². The van der Waals surface area contributed by atoms with Gasteiger partial charge in [-0.1, -0.05) is 88.3 Å². The van der Waals surface area contributed by atoms with Gasteiger partial charge in [-0.2, -0.15) is 0 Å². The fourth-order valence-corrected chi connectivity index (χ4v) is 17.3. The van der Waals surface area contributed by atoms with Crippen LogP contribution in [-0.4, -0.2) is 16.1 Å². The van der Waals surface area contributed by atoms with Crippen molar-refractivity contribution in [3.05, 3.63) is 44.6 Å². The average Bonchev–Trinajstić information content (AvgIpc) is 2.95. The summed E-state index contributed by atoms with van der Waals surface area (Å²) in [5.41, 5.74) is 12.9. The molecule has 2 rings (SSSR count). The van der Waals surface area contributed by atoms with Crippen LogP contribution >= 0.6 is 0 Å². The number of allylic oxidation sites excluding steroid dienone is 8. The summed E-state index contributed by atoms with van der Waals surface area (Å²) in [6.07, 6.45) is 0. The minimum absolute atomic E-state index is 0.312. The quantitative estimate of drug-likeness (QED) is 0.324. The molecule has 0 aromatic heterocycles. The lowest BCUT2D eigenvalue weighted by Gasteiger charge is -2.48. The van der Waals surface area contributed by atoms with Gasteiger partial charge in [0.25, 0.3) is 0 Å². The van der Waals surface area contributed by atoms with Crippen molar-refractivity contribution in [2.45, 2.75) is 131 Å². The van der Waals surface area contributed by atoms with Crippen molar-refractivity contribution in [1.29, 1.82) is 0 Å². The maximum absolute atomic E-state index is 2.67. The Morgan fingerprint density at radius 1 is 0.500 bits per heavy atom. The van der Waals surface area contributed by atoms with E-state index in [2.05, 4.69) is 109 Å². The molecular weight excluding hydrogens is 417 g/mol. The van der Waals surface area contributed by atoms with Crippen LogP contribution in [-0.2, 0) is 0 Å². The molecule has 0 N–H and O–H groups in total. The Hall–Kier alpha value is -0.606. The van der Waals surface area contributed by atoms with E-state index in [0.717, 1.165) is 11.8 Å². The van der Waals surface area contributed by atoms with Gasteiger partial charge < -0.3 is 0 Å². The molecular formula is C30H54Si2. The number of rotatable bonds is 7. The number of hydrogen-bond donors (Lipinski definition) is 0. The fraction of sp³-hybridized carbons (Fsp3) is 0.733. The lowest BCUT2D eigenvalue weighted by atomic mass is 9.97. The highest BCUT2D eigenvalue weighted by molar-refractivity contribution is 6.82. The van der Waals surface area contributed by atoms with Crippen molar-refractivity contribution >= 4 is 16.1 Å². The van der Waals surface area contributed by atoms with E-state index in [4.69, 9.17) is 0 Å². The normalized spacial score (nSPS) is 23.6. The molecule has 0 bridgehead atoms. The zero-order valence-electron chi connectivity index (χ0n) is 24.6. The Kier molecular flexibility index (Phi) is 7.39. The molecule has 0 radical (unpaired) electrons. The number of hydrogen-bond acceptors (Lipinski definition) is 0. The zero-order valence-corrected chi connectivity index (χ0v) is 26.6. The van der Waals surface area contributed by atoms with Gasteiger partial charge in [-0.3, -0.25) is 0 Å². The standard InChI is InChI=1S/C30H54Si2/c1-19(17-31(13,14)29(11)25(7)21(3)22(4)26(29)8)20(2)18-32(15,16)30(12)27(9)23(5)24(6)28(30)10/h19-20H,17-18H2,1-16H3. The smallest absolute Gasteiger partial charge is 0.0633 e. The van der Waals surface area contributed by atoms with Crippen LogP contribution in [0.1, 0.15) is 83.1 Å². The predicted molar refractivity (Wildman–Crippen MR) is 153 cm³/mol. The summed E-state index contributed by atoms with van der Waals surface area (Å²) in [6, 6.07) is 2.84. The van der Waals surface area contributed by atoms with Crippen LogP contribution in [0.5, 0.6) is 0 Å². The summed E-state index contributed by atoms with van der Waals surface area (Å²) < 4.78 is 0. The highest BCUT2D eigenvalue weighted by atomic mass is 28.3. The Balaban J connectivity index is 2.28. The first-order valence-corrected chi connectivity index (χ1v) is 19.4. The molecule has 0 aliphatic heterocycles. The highest BCUT2D eigenvalue weighted by Gasteiger charge is 2.52. The molecule has 0 saturated carbocycles. The van der Waals surface area contributed by atoms with Crippen molar-refractivity contribution in [3.63, 3.8) is 0 Å². The first-order chi connectivity index (χ1) is 14.3. The van der Waals surface area contributed by atoms with E-state index < -0.39 is 16.1 Å². The van der Waals surface area contributed by atoms with Gasteiger partial charge in [0.15, 0.2) is 0 Å². The summed E-state index contributed by atoms with van der Waals surface area (Å²) in [4.78, 5) is 0. The largest absolute Gasteiger partial charge is 0.0684 e. The molecule has 32 heavy (non-hydrogen) atoms. The van der Waals surface area contributed by atoms with Gasteiger partial charge in [0.1, 0.15) is 0 Å². The van der Waals surface area contributed by atoms with Crippen LogP contribution in [0.3, 0.4) is 0 Å². The van der Waals surface area contributed by atoms with Crippen molar-refractivity contribution in [2.24, 2.45) is 11.8 Å². The Labute approximate surface area is 203 Å².